The molecule has 2 aromatic heterocycles. The van der Waals surface area contributed by atoms with Crippen LogP contribution in [0.15, 0.2) is 264 Å². The fraction of sp³-hybridized carbons (Fsp3) is 0.0423. The Morgan fingerprint density at radius 1 is 0.333 bits per heavy atom. The van der Waals surface area contributed by atoms with Gasteiger partial charge in [-0.15, -0.1) is 0 Å². The van der Waals surface area contributed by atoms with Crippen LogP contribution in [0, 0.1) is 0 Å². The van der Waals surface area contributed by atoms with Crippen LogP contribution in [0.5, 0.6) is 0 Å². The molecular weight excluding hydrogens is 913 g/mol. The molecular formula is C71H48N2O2. The largest absolute Gasteiger partial charge is 0.454 e. The smallest absolute Gasteiger partial charge is 0.159 e. The lowest BCUT2D eigenvalue weighted by atomic mass is 9.79. The third-order valence-electron chi connectivity index (χ3n) is 15.8. The Hall–Kier alpha value is -9.64. The molecule has 0 aliphatic heterocycles. The fourth-order valence-electron chi connectivity index (χ4n) is 12.5. The zero-order valence-electron chi connectivity index (χ0n) is 41.5. The molecule has 0 atom stereocenters. The highest BCUT2D eigenvalue weighted by atomic mass is 16.3. The lowest BCUT2D eigenvalue weighted by Gasteiger charge is -2.32. The van der Waals surface area contributed by atoms with E-state index in [0.29, 0.717) is 0 Å². The summed E-state index contributed by atoms with van der Waals surface area (Å²) < 4.78 is 13.8. The molecule has 0 spiro atoms. The molecule has 2 heterocycles. The van der Waals surface area contributed by atoms with Gasteiger partial charge in [-0.05, 0) is 98.6 Å². The highest BCUT2D eigenvalue weighted by molar-refractivity contribution is 6.17. The molecule has 0 saturated heterocycles. The highest BCUT2D eigenvalue weighted by Gasteiger charge is 2.41. The zero-order chi connectivity index (χ0) is 49.8. The molecule has 75 heavy (non-hydrogen) atoms. The lowest BCUT2D eigenvalue weighted by Crippen LogP contribution is -2.17. The first kappa shape index (κ1) is 43.0. The fourth-order valence-corrected chi connectivity index (χ4v) is 12.5. The van der Waals surface area contributed by atoms with Crippen molar-refractivity contribution >= 4 is 99.5 Å². The number of rotatable bonds is 8. The van der Waals surface area contributed by atoms with Crippen LogP contribution in [-0.4, -0.2) is 0 Å². The van der Waals surface area contributed by atoms with Gasteiger partial charge in [0.2, 0.25) is 0 Å². The van der Waals surface area contributed by atoms with Crippen LogP contribution in [-0.2, 0) is 5.41 Å². The first-order valence-corrected chi connectivity index (χ1v) is 25.8. The van der Waals surface area contributed by atoms with E-state index in [1.54, 1.807) is 0 Å². The number of para-hydroxylation sites is 6. The number of nitrogens with zero attached hydrogens (tertiary/aromatic N) is 2. The van der Waals surface area contributed by atoms with Crippen LogP contribution < -0.4 is 9.80 Å². The van der Waals surface area contributed by atoms with Crippen molar-refractivity contribution in [1.82, 2.24) is 0 Å². The Labute approximate surface area is 434 Å². The van der Waals surface area contributed by atoms with E-state index < -0.39 is 0 Å². The number of hydrogen-bond donors (Lipinski definition) is 0. The number of furan rings is 2. The van der Waals surface area contributed by atoms with Crippen LogP contribution in [0.4, 0.5) is 34.1 Å². The monoisotopic (exact) mass is 960 g/mol. The molecule has 1 aliphatic rings. The molecule has 0 amide bonds. The second kappa shape index (κ2) is 16.7. The Morgan fingerprint density at radius 2 is 0.813 bits per heavy atom. The maximum atomic E-state index is 6.97. The first-order chi connectivity index (χ1) is 37.0. The molecule has 15 rings (SSSR count). The average molecular weight is 961 g/mol. The summed E-state index contributed by atoms with van der Waals surface area (Å²) in [5.74, 6) is 0. The Kier molecular flexibility index (Phi) is 9.58. The number of anilines is 6. The minimum Gasteiger partial charge on any atom is -0.454 e. The van der Waals surface area contributed by atoms with Gasteiger partial charge in [0, 0.05) is 54.7 Å². The lowest BCUT2D eigenvalue weighted by molar-refractivity contribution is 0.667. The molecule has 12 aromatic carbocycles. The van der Waals surface area contributed by atoms with E-state index in [1.165, 1.54) is 38.4 Å². The van der Waals surface area contributed by atoms with Crippen molar-refractivity contribution in [2.75, 3.05) is 9.80 Å². The minimum atomic E-state index is -0.389. The summed E-state index contributed by atoms with van der Waals surface area (Å²) in [5, 5.41) is 9.11. The SMILES string of the molecule is CC1(C)c2cc3ccccc3c(N(c3ccccc3-c3ccccc3)c3cccc4c3oc3ccccc34)c2-c2ccc3cc(N(c4ccccc4-c4ccccc4)c4cccc5c4oc4ccccc45)ccc3c21. The van der Waals surface area contributed by atoms with Crippen LogP contribution in [0.1, 0.15) is 25.0 Å². The summed E-state index contributed by atoms with van der Waals surface area (Å²) in [6.07, 6.45) is 0. The molecule has 1 aliphatic carbocycles. The predicted molar refractivity (Wildman–Crippen MR) is 314 cm³/mol. The van der Waals surface area contributed by atoms with E-state index in [0.717, 1.165) is 106 Å². The third-order valence-corrected chi connectivity index (χ3v) is 15.8. The number of benzene rings is 12. The van der Waals surface area contributed by atoms with Gasteiger partial charge in [-0.1, -0.05) is 214 Å². The summed E-state index contributed by atoms with van der Waals surface area (Å²) in [7, 11) is 0. The van der Waals surface area contributed by atoms with Gasteiger partial charge < -0.3 is 18.6 Å². The molecule has 0 fully saturated rings. The van der Waals surface area contributed by atoms with Crippen LogP contribution in [0.3, 0.4) is 0 Å². The van der Waals surface area contributed by atoms with Crippen LogP contribution in [0.25, 0.3) is 98.8 Å². The van der Waals surface area contributed by atoms with Crippen molar-refractivity contribution in [1.29, 1.82) is 0 Å². The van der Waals surface area contributed by atoms with Crippen molar-refractivity contribution in [3.8, 4) is 33.4 Å². The molecule has 354 valence electrons. The standard InChI is InChI=1S/C71H48N2O2/c1-71(2)59-44-47-25-9-10-28-53(47)68(73(61-34-16-12-27-51(61)46-23-7-4-8-24-46)63-36-20-32-57-55-30-14-18-38-65(55)75-70(57)63)66(59)58-41-39-48-43-49(40-42-52(48)67(58)71)72(60-33-15-11-26-50(60)45-21-5-3-6-22-45)62-35-19-31-56-54-29-13-17-37-64(54)74-69(56)62/h3-44H,1-2H3. The molecule has 4 heteroatoms. The summed E-state index contributed by atoms with van der Waals surface area (Å²) in [6.45, 7) is 4.83. The molecule has 0 bridgehead atoms. The van der Waals surface area contributed by atoms with Gasteiger partial charge in [0.15, 0.2) is 11.2 Å². The summed E-state index contributed by atoms with van der Waals surface area (Å²) >= 11 is 0. The van der Waals surface area contributed by atoms with Gasteiger partial charge in [0.25, 0.3) is 0 Å². The maximum Gasteiger partial charge on any atom is 0.159 e. The quantitative estimate of drug-likeness (QED) is 0.152. The van der Waals surface area contributed by atoms with E-state index in [-0.39, 0.29) is 5.41 Å². The molecule has 4 nitrogen and oxygen atoms in total. The van der Waals surface area contributed by atoms with E-state index >= 15 is 0 Å². The number of hydrogen-bond acceptors (Lipinski definition) is 4. The number of fused-ring (bicyclic) bond motifs is 12. The van der Waals surface area contributed by atoms with E-state index in [1.807, 2.05) is 6.07 Å². The zero-order valence-corrected chi connectivity index (χ0v) is 41.5. The van der Waals surface area contributed by atoms with Crippen molar-refractivity contribution in [2.45, 2.75) is 19.3 Å². The van der Waals surface area contributed by atoms with Crippen molar-refractivity contribution in [3.63, 3.8) is 0 Å². The summed E-state index contributed by atoms with van der Waals surface area (Å²) in [4.78, 5) is 4.90. The molecule has 0 saturated carbocycles. The second-order valence-electron chi connectivity index (χ2n) is 20.3. The van der Waals surface area contributed by atoms with Gasteiger partial charge in [-0.2, -0.15) is 0 Å². The predicted octanol–water partition coefficient (Wildman–Crippen LogP) is 20.4. The van der Waals surface area contributed by atoms with Crippen molar-refractivity contribution in [3.05, 3.63) is 266 Å². The van der Waals surface area contributed by atoms with Crippen molar-refractivity contribution < 1.29 is 8.83 Å². The Balaban J connectivity index is 0.988. The molecule has 0 unspecified atom stereocenters. The molecule has 0 radical (unpaired) electrons. The Bertz CT molecular complexity index is 4580. The Morgan fingerprint density at radius 3 is 1.44 bits per heavy atom. The third kappa shape index (κ3) is 6.56. The summed E-state index contributed by atoms with van der Waals surface area (Å²) in [5.41, 5.74) is 18.9. The minimum absolute atomic E-state index is 0.389. The average Bonchev–Trinajstić information content (AvgIpc) is 4.12. The van der Waals surface area contributed by atoms with Gasteiger partial charge >= 0.3 is 0 Å². The van der Waals surface area contributed by atoms with Crippen molar-refractivity contribution in [2.24, 2.45) is 0 Å². The van der Waals surface area contributed by atoms with Gasteiger partial charge in [0.1, 0.15) is 11.2 Å². The highest BCUT2D eigenvalue weighted by Crippen LogP contribution is 2.60. The topological polar surface area (TPSA) is 32.8 Å². The molecule has 14 aromatic rings. The van der Waals surface area contributed by atoms with E-state index in [9.17, 15) is 0 Å². The first-order valence-electron chi connectivity index (χ1n) is 25.8. The van der Waals surface area contributed by atoms with Gasteiger partial charge in [-0.25, -0.2) is 0 Å². The molecule has 0 N–H and O–H groups in total. The van der Waals surface area contributed by atoms with Crippen LogP contribution in [0.2, 0.25) is 0 Å². The normalized spacial score (nSPS) is 12.8. The second-order valence-corrected chi connectivity index (χ2v) is 20.3. The summed E-state index contributed by atoms with van der Waals surface area (Å²) in [6, 6.07) is 92.0. The van der Waals surface area contributed by atoms with E-state index in [2.05, 4.69) is 272 Å². The van der Waals surface area contributed by atoms with Crippen LogP contribution >= 0.6 is 0 Å². The van der Waals surface area contributed by atoms with Gasteiger partial charge in [-0.3, -0.25) is 0 Å². The maximum absolute atomic E-state index is 6.97. The van der Waals surface area contributed by atoms with Gasteiger partial charge in [0.05, 0.1) is 28.4 Å². The van der Waals surface area contributed by atoms with E-state index in [4.69, 9.17) is 8.83 Å².